The lowest BCUT2D eigenvalue weighted by atomic mass is 10.1. The molecule has 2 heterocycles. The molecule has 0 bridgehead atoms. The quantitative estimate of drug-likeness (QED) is 0.287. The summed E-state index contributed by atoms with van der Waals surface area (Å²) < 4.78 is 10.4. The Morgan fingerprint density at radius 2 is 2.10 bits per heavy atom. The molecule has 0 atom stereocenters. The van der Waals surface area contributed by atoms with E-state index in [1.807, 2.05) is 0 Å². The highest BCUT2D eigenvalue weighted by molar-refractivity contribution is 8.18. The summed E-state index contributed by atoms with van der Waals surface area (Å²) in [7, 11) is 0. The molecule has 0 spiro atoms. The number of nitro groups is 1. The first-order chi connectivity index (χ1) is 13.8. The van der Waals surface area contributed by atoms with Crippen LogP contribution in [-0.4, -0.2) is 40.1 Å². The lowest BCUT2D eigenvalue weighted by Crippen LogP contribution is -2.34. The number of carbonyl (C=O) groups excluding carboxylic acids is 3. The Morgan fingerprint density at radius 3 is 2.79 bits per heavy atom. The fourth-order valence-electron chi connectivity index (χ4n) is 2.49. The maximum Gasteiger partial charge on any atom is 0.326 e. The fourth-order valence-corrected chi connectivity index (χ4v) is 3.50. The van der Waals surface area contributed by atoms with Gasteiger partial charge in [-0.25, -0.2) is 0 Å². The van der Waals surface area contributed by atoms with E-state index >= 15 is 0 Å². The van der Waals surface area contributed by atoms with Crippen molar-refractivity contribution < 1.29 is 28.5 Å². The number of nitrogens with zero attached hydrogens (tertiary/aromatic N) is 2. The number of halogens is 1. The van der Waals surface area contributed by atoms with Crippen molar-refractivity contribution in [2.45, 2.75) is 6.92 Å². The molecule has 1 aliphatic heterocycles. The molecular formula is C18H13ClN2O7S. The van der Waals surface area contributed by atoms with E-state index in [1.165, 1.54) is 18.2 Å². The van der Waals surface area contributed by atoms with Gasteiger partial charge in [0.2, 0.25) is 0 Å². The Kier molecular flexibility index (Phi) is 6.04. The standard InChI is InChI=1S/C18H13ClN2O7S/c1-2-27-16(22)9-20-17(23)15(29-18(20)24)8-11-4-6-14(28-11)10-3-5-12(19)13(7-10)21(25)26/h3-8H,2,9H2,1H3/b15-8-. The van der Waals surface area contributed by atoms with E-state index in [-0.39, 0.29) is 28.0 Å². The Bertz CT molecular complexity index is 1050. The SMILES string of the molecule is CCOC(=O)CN1C(=O)S/C(=C\c2ccc(-c3ccc(Cl)c([N+](=O)[O-])c3)o2)C1=O. The van der Waals surface area contributed by atoms with Crippen LogP contribution in [0.5, 0.6) is 0 Å². The number of imide groups is 1. The summed E-state index contributed by atoms with van der Waals surface area (Å²) in [5.74, 6) is -0.727. The number of benzene rings is 1. The van der Waals surface area contributed by atoms with Crippen molar-refractivity contribution in [3.8, 4) is 11.3 Å². The summed E-state index contributed by atoms with van der Waals surface area (Å²) in [5.41, 5.74) is 0.165. The molecule has 0 radical (unpaired) electrons. The van der Waals surface area contributed by atoms with Gasteiger partial charge in [-0.05, 0) is 43.0 Å². The molecule has 9 nitrogen and oxygen atoms in total. The summed E-state index contributed by atoms with van der Waals surface area (Å²) >= 11 is 6.48. The summed E-state index contributed by atoms with van der Waals surface area (Å²) in [6, 6.07) is 7.35. The Morgan fingerprint density at radius 1 is 1.34 bits per heavy atom. The van der Waals surface area contributed by atoms with Gasteiger partial charge in [-0.1, -0.05) is 11.6 Å². The molecule has 29 heavy (non-hydrogen) atoms. The lowest BCUT2D eigenvalue weighted by Gasteiger charge is -2.10. The number of esters is 1. The topological polar surface area (TPSA) is 120 Å². The Hall–Kier alpha value is -3.11. The van der Waals surface area contributed by atoms with Crippen molar-refractivity contribution in [2.75, 3.05) is 13.2 Å². The second kappa shape index (κ2) is 8.50. The van der Waals surface area contributed by atoms with Gasteiger partial charge in [-0.15, -0.1) is 0 Å². The van der Waals surface area contributed by atoms with E-state index in [4.69, 9.17) is 20.8 Å². The van der Waals surface area contributed by atoms with E-state index in [0.717, 1.165) is 4.90 Å². The largest absolute Gasteiger partial charge is 0.465 e. The maximum atomic E-state index is 12.4. The minimum absolute atomic E-state index is 0.000744. The highest BCUT2D eigenvalue weighted by Crippen LogP contribution is 2.34. The van der Waals surface area contributed by atoms with E-state index in [9.17, 15) is 24.5 Å². The van der Waals surface area contributed by atoms with Crippen molar-refractivity contribution in [1.29, 1.82) is 0 Å². The van der Waals surface area contributed by atoms with Gasteiger partial charge in [0.05, 0.1) is 16.4 Å². The molecule has 150 valence electrons. The van der Waals surface area contributed by atoms with Gasteiger partial charge in [-0.2, -0.15) is 0 Å². The van der Waals surface area contributed by atoms with Gasteiger partial charge in [0, 0.05) is 17.7 Å². The highest BCUT2D eigenvalue weighted by atomic mass is 35.5. The number of thioether (sulfide) groups is 1. The van der Waals surface area contributed by atoms with Crippen LogP contribution in [0.2, 0.25) is 5.02 Å². The Labute approximate surface area is 173 Å². The second-order valence-corrected chi connectivity index (χ2v) is 7.10. The predicted octanol–water partition coefficient (Wildman–Crippen LogP) is 4.11. The van der Waals surface area contributed by atoms with Gasteiger partial charge >= 0.3 is 5.97 Å². The van der Waals surface area contributed by atoms with Gasteiger partial charge in [0.25, 0.3) is 16.8 Å². The van der Waals surface area contributed by atoms with Crippen LogP contribution in [0.15, 0.2) is 39.7 Å². The van der Waals surface area contributed by atoms with Crippen molar-refractivity contribution in [2.24, 2.45) is 0 Å². The van der Waals surface area contributed by atoms with Crippen molar-refractivity contribution in [3.63, 3.8) is 0 Å². The minimum Gasteiger partial charge on any atom is -0.465 e. The number of hydrogen-bond acceptors (Lipinski definition) is 8. The summed E-state index contributed by atoms with van der Waals surface area (Å²) in [6.07, 6.45) is 1.36. The van der Waals surface area contributed by atoms with E-state index in [0.29, 0.717) is 23.1 Å². The third-order valence-corrected chi connectivity index (χ3v) is 5.02. The zero-order valence-corrected chi connectivity index (χ0v) is 16.5. The molecule has 2 aromatic rings. The number of carbonyl (C=O) groups is 3. The smallest absolute Gasteiger partial charge is 0.326 e. The monoisotopic (exact) mass is 436 g/mol. The van der Waals surface area contributed by atoms with Crippen LogP contribution in [0.4, 0.5) is 10.5 Å². The molecule has 1 fully saturated rings. The zero-order chi connectivity index (χ0) is 21.1. The molecule has 1 saturated heterocycles. The normalized spacial score (nSPS) is 15.2. The minimum atomic E-state index is -0.680. The van der Waals surface area contributed by atoms with E-state index in [1.54, 1.807) is 25.1 Å². The molecule has 0 aliphatic carbocycles. The van der Waals surface area contributed by atoms with Gasteiger partial charge < -0.3 is 9.15 Å². The van der Waals surface area contributed by atoms with Crippen molar-refractivity contribution in [3.05, 3.63) is 56.1 Å². The van der Waals surface area contributed by atoms with Crippen LogP contribution in [0, 0.1) is 10.1 Å². The number of amides is 2. The van der Waals surface area contributed by atoms with Gasteiger partial charge in [0.15, 0.2) is 0 Å². The van der Waals surface area contributed by atoms with Crippen LogP contribution < -0.4 is 0 Å². The van der Waals surface area contributed by atoms with Crippen LogP contribution in [-0.2, 0) is 14.3 Å². The predicted molar refractivity (Wildman–Crippen MR) is 105 cm³/mol. The maximum absolute atomic E-state index is 12.4. The molecule has 1 aromatic carbocycles. The summed E-state index contributed by atoms with van der Waals surface area (Å²) in [4.78, 5) is 47.2. The number of ether oxygens (including phenoxy) is 1. The van der Waals surface area contributed by atoms with Gasteiger partial charge in [-0.3, -0.25) is 29.4 Å². The molecule has 0 N–H and O–H groups in total. The Balaban J connectivity index is 1.81. The van der Waals surface area contributed by atoms with Crippen molar-refractivity contribution >= 4 is 52.2 Å². The van der Waals surface area contributed by atoms with Crippen LogP contribution >= 0.6 is 23.4 Å². The average Bonchev–Trinajstić information content (AvgIpc) is 3.23. The molecule has 1 aliphatic rings. The molecule has 11 heteroatoms. The average molecular weight is 437 g/mol. The molecule has 1 aromatic heterocycles. The first kappa shape index (κ1) is 20.6. The number of hydrogen-bond donors (Lipinski definition) is 0. The molecule has 0 unspecified atom stereocenters. The highest BCUT2D eigenvalue weighted by Gasteiger charge is 2.36. The summed E-state index contributed by atoms with van der Waals surface area (Å²) in [5, 5.41) is 10.4. The number of rotatable bonds is 6. The van der Waals surface area contributed by atoms with Crippen LogP contribution in [0.1, 0.15) is 12.7 Å². The third kappa shape index (κ3) is 4.49. The molecular weight excluding hydrogens is 424 g/mol. The molecule has 2 amide bonds. The zero-order valence-electron chi connectivity index (χ0n) is 14.9. The van der Waals surface area contributed by atoms with Crippen LogP contribution in [0.3, 0.4) is 0 Å². The first-order valence-corrected chi connectivity index (χ1v) is 9.44. The van der Waals surface area contributed by atoms with E-state index < -0.39 is 28.6 Å². The molecule has 0 saturated carbocycles. The van der Waals surface area contributed by atoms with Crippen molar-refractivity contribution in [1.82, 2.24) is 4.90 Å². The number of furan rings is 1. The third-order valence-electron chi connectivity index (χ3n) is 3.79. The first-order valence-electron chi connectivity index (χ1n) is 8.25. The fraction of sp³-hybridized carbons (Fsp3) is 0.167. The lowest BCUT2D eigenvalue weighted by molar-refractivity contribution is -0.384. The number of nitro benzene ring substituents is 1. The molecule has 3 rings (SSSR count). The van der Waals surface area contributed by atoms with Gasteiger partial charge in [0.1, 0.15) is 23.1 Å². The summed E-state index contributed by atoms with van der Waals surface area (Å²) in [6.45, 7) is 1.30. The van der Waals surface area contributed by atoms with E-state index in [2.05, 4.69) is 0 Å². The second-order valence-electron chi connectivity index (χ2n) is 5.70. The van der Waals surface area contributed by atoms with Crippen LogP contribution in [0.25, 0.3) is 17.4 Å².